The van der Waals surface area contributed by atoms with Crippen molar-refractivity contribution < 1.29 is 13.6 Å². The molecule has 0 aliphatic rings. The summed E-state index contributed by atoms with van der Waals surface area (Å²) in [5.41, 5.74) is 7.16. The van der Waals surface area contributed by atoms with Gasteiger partial charge in [-0.05, 0) is 30.3 Å². The van der Waals surface area contributed by atoms with Gasteiger partial charge in [0, 0.05) is 11.9 Å². The molecule has 5 nitrogen and oxygen atoms in total. The quantitative estimate of drug-likeness (QED) is 0.759. The molecular weight excluding hydrogens is 297 g/mol. The minimum Gasteiger partial charge on any atom is -0.447 e. The van der Waals surface area contributed by atoms with Crippen molar-refractivity contribution in [2.75, 3.05) is 11.1 Å². The van der Waals surface area contributed by atoms with E-state index >= 15 is 0 Å². The van der Waals surface area contributed by atoms with Gasteiger partial charge in [0.2, 0.25) is 5.76 Å². The zero-order valence-electron chi connectivity index (χ0n) is 10.6. The Kier molecular flexibility index (Phi) is 3.23. The molecule has 3 aromatic rings. The lowest BCUT2D eigenvalue weighted by molar-refractivity contribution is 0.1000. The molecule has 0 spiro atoms. The molecule has 0 bridgehead atoms. The van der Waals surface area contributed by atoms with Crippen LogP contribution in [0.5, 0.6) is 0 Å². The van der Waals surface area contributed by atoms with E-state index in [0.29, 0.717) is 16.8 Å². The van der Waals surface area contributed by atoms with E-state index in [-0.39, 0.29) is 16.5 Å². The predicted octanol–water partition coefficient (Wildman–Crippen LogP) is 3.45. The molecule has 0 aliphatic carbocycles. The van der Waals surface area contributed by atoms with Crippen LogP contribution in [0.15, 0.2) is 40.9 Å². The monoisotopic (exact) mass is 305 g/mol. The first-order chi connectivity index (χ1) is 10.1. The van der Waals surface area contributed by atoms with E-state index in [9.17, 15) is 9.18 Å². The number of nitrogens with zero attached hydrogens (tertiary/aromatic N) is 1. The number of nitrogen functional groups attached to an aromatic ring is 1. The number of pyridine rings is 1. The minimum absolute atomic E-state index is 0.0517. The van der Waals surface area contributed by atoms with Crippen molar-refractivity contribution in [3.63, 3.8) is 0 Å². The summed E-state index contributed by atoms with van der Waals surface area (Å²) in [7, 11) is 0. The first-order valence-corrected chi connectivity index (χ1v) is 6.33. The van der Waals surface area contributed by atoms with Gasteiger partial charge in [0.1, 0.15) is 17.0 Å². The maximum absolute atomic E-state index is 13.1. The van der Waals surface area contributed by atoms with Gasteiger partial charge in [-0.1, -0.05) is 11.6 Å². The number of furan rings is 1. The second kappa shape index (κ2) is 5.06. The second-order valence-electron chi connectivity index (χ2n) is 4.28. The van der Waals surface area contributed by atoms with Crippen molar-refractivity contribution in [2.24, 2.45) is 0 Å². The fraction of sp³-hybridized carbons (Fsp3) is 0. The molecule has 0 unspecified atom stereocenters. The Bertz CT molecular complexity index is 847. The molecule has 21 heavy (non-hydrogen) atoms. The zero-order valence-corrected chi connectivity index (χ0v) is 11.3. The number of carbonyl (C=O) groups excluding carboxylic acids is 1. The summed E-state index contributed by atoms with van der Waals surface area (Å²) < 4.78 is 18.5. The fourth-order valence-electron chi connectivity index (χ4n) is 1.88. The molecule has 1 aromatic carbocycles. The Morgan fingerprint density at radius 3 is 2.90 bits per heavy atom. The number of benzene rings is 1. The molecule has 0 saturated heterocycles. The molecule has 2 aromatic heterocycles. The van der Waals surface area contributed by atoms with Gasteiger partial charge >= 0.3 is 0 Å². The van der Waals surface area contributed by atoms with Crippen LogP contribution in [0.25, 0.3) is 11.1 Å². The number of amides is 1. The smallest absolute Gasteiger partial charge is 0.293 e. The van der Waals surface area contributed by atoms with E-state index < -0.39 is 11.7 Å². The highest BCUT2D eigenvalue weighted by Gasteiger charge is 2.19. The fourth-order valence-corrected chi connectivity index (χ4v) is 2.06. The van der Waals surface area contributed by atoms with Crippen LogP contribution < -0.4 is 11.1 Å². The van der Waals surface area contributed by atoms with Crippen LogP contribution in [0.1, 0.15) is 10.6 Å². The maximum Gasteiger partial charge on any atom is 0.293 e. The van der Waals surface area contributed by atoms with Gasteiger partial charge in [-0.15, -0.1) is 0 Å². The van der Waals surface area contributed by atoms with Crippen LogP contribution in [0, 0.1) is 5.82 Å². The Balaban J connectivity index is 1.93. The Morgan fingerprint density at radius 2 is 2.19 bits per heavy atom. The van der Waals surface area contributed by atoms with Crippen LogP contribution in [0.2, 0.25) is 5.02 Å². The lowest BCUT2D eigenvalue weighted by Gasteiger charge is -2.04. The molecule has 0 saturated carbocycles. The van der Waals surface area contributed by atoms with Gasteiger partial charge < -0.3 is 15.5 Å². The first kappa shape index (κ1) is 13.4. The van der Waals surface area contributed by atoms with Crippen molar-refractivity contribution in [1.29, 1.82) is 0 Å². The van der Waals surface area contributed by atoms with E-state index in [1.54, 1.807) is 18.3 Å². The second-order valence-corrected chi connectivity index (χ2v) is 4.69. The van der Waals surface area contributed by atoms with Gasteiger partial charge in [0.05, 0.1) is 5.02 Å². The van der Waals surface area contributed by atoms with Crippen molar-refractivity contribution in [3.05, 3.63) is 53.1 Å². The predicted molar refractivity (Wildman–Crippen MR) is 77.8 cm³/mol. The summed E-state index contributed by atoms with van der Waals surface area (Å²) in [5, 5.41) is 2.45. The Morgan fingerprint density at radius 1 is 1.38 bits per heavy atom. The largest absolute Gasteiger partial charge is 0.447 e. The zero-order chi connectivity index (χ0) is 15.0. The van der Waals surface area contributed by atoms with Crippen LogP contribution in [0.3, 0.4) is 0 Å². The average Bonchev–Trinajstić information content (AvgIpc) is 2.81. The number of hydrogen-bond donors (Lipinski definition) is 2. The molecule has 1 amide bonds. The highest BCUT2D eigenvalue weighted by molar-refractivity contribution is 6.31. The third kappa shape index (κ3) is 2.41. The van der Waals surface area contributed by atoms with Crippen LogP contribution >= 0.6 is 11.6 Å². The lowest BCUT2D eigenvalue weighted by Crippen LogP contribution is -2.12. The number of nitrogens with one attached hydrogen (secondary N) is 1. The van der Waals surface area contributed by atoms with Crippen molar-refractivity contribution in [3.8, 4) is 0 Å². The number of carbonyl (C=O) groups is 1. The van der Waals surface area contributed by atoms with Crippen LogP contribution in [-0.2, 0) is 0 Å². The SMILES string of the molecule is Nc1c(C(=O)Nc2ccc(F)c(Cl)c2)oc2cccnc12. The van der Waals surface area contributed by atoms with Gasteiger partial charge in [-0.2, -0.15) is 0 Å². The van der Waals surface area contributed by atoms with Gasteiger partial charge in [0.15, 0.2) is 5.58 Å². The molecule has 7 heteroatoms. The van der Waals surface area contributed by atoms with E-state index in [1.807, 2.05) is 0 Å². The van der Waals surface area contributed by atoms with Gasteiger partial charge in [-0.25, -0.2) is 4.39 Å². The maximum atomic E-state index is 13.1. The summed E-state index contributed by atoms with van der Waals surface area (Å²) in [6, 6.07) is 7.17. The Hall–Kier alpha value is -2.60. The van der Waals surface area contributed by atoms with E-state index in [0.717, 1.165) is 6.07 Å². The number of anilines is 2. The number of fused-ring (bicyclic) bond motifs is 1. The van der Waals surface area contributed by atoms with Crippen molar-refractivity contribution in [2.45, 2.75) is 0 Å². The van der Waals surface area contributed by atoms with Crippen molar-refractivity contribution in [1.82, 2.24) is 4.98 Å². The molecule has 3 N–H and O–H groups in total. The highest BCUT2D eigenvalue weighted by atomic mass is 35.5. The number of nitrogens with two attached hydrogens (primary N) is 1. The van der Waals surface area contributed by atoms with Gasteiger partial charge in [-0.3, -0.25) is 9.78 Å². The normalized spacial score (nSPS) is 10.8. The summed E-state index contributed by atoms with van der Waals surface area (Å²) in [6.45, 7) is 0. The van der Waals surface area contributed by atoms with Crippen LogP contribution in [-0.4, -0.2) is 10.9 Å². The molecule has 0 fully saturated rings. The third-order valence-corrected chi connectivity index (χ3v) is 3.16. The number of halogens is 2. The minimum atomic E-state index is -0.567. The standard InChI is InChI=1S/C14H9ClFN3O2/c15-8-6-7(3-4-9(8)16)19-14(20)13-11(17)12-10(21-13)2-1-5-18-12/h1-6H,17H2,(H,19,20). The average molecular weight is 306 g/mol. The van der Waals surface area contributed by atoms with E-state index in [4.69, 9.17) is 21.8 Å². The van der Waals surface area contributed by atoms with Gasteiger partial charge in [0.25, 0.3) is 5.91 Å². The number of hydrogen-bond acceptors (Lipinski definition) is 4. The topological polar surface area (TPSA) is 81.2 Å². The summed E-state index contributed by atoms with van der Waals surface area (Å²) in [5.74, 6) is -1.18. The third-order valence-electron chi connectivity index (χ3n) is 2.87. The first-order valence-electron chi connectivity index (χ1n) is 5.95. The Labute approximate surface area is 123 Å². The molecule has 3 rings (SSSR count). The van der Waals surface area contributed by atoms with Crippen LogP contribution in [0.4, 0.5) is 15.8 Å². The van der Waals surface area contributed by atoms with E-state index in [2.05, 4.69) is 10.3 Å². The highest BCUT2D eigenvalue weighted by Crippen LogP contribution is 2.27. The summed E-state index contributed by atoms with van der Waals surface area (Å²) in [6.07, 6.45) is 1.55. The molecule has 0 radical (unpaired) electrons. The summed E-state index contributed by atoms with van der Waals surface area (Å²) in [4.78, 5) is 16.2. The lowest BCUT2D eigenvalue weighted by atomic mass is 10.2. The molecular formula is C14H9ClFN3O2. The summed E-state index contributed by atoms with van der Waals surface area (Å²) >= 11 is 5.65. The number of aromatic nitrogens is 1. The molecule has 2 heterocycles. The van der Waals surface area contributed by atoms with E-state index in [1.165, 1.54) is 12.1 Å². The molecule has 106 valence electrons. The number of rotatable bonds is 2. The molecule has 0 atom stereocenters. The van der Waals surface area contributed by atoms with Crippen molar-refractivity contribution >= 4 is 40.0 Å². The molecule has 0 aliphatic heterocycles.